The molecule has 0 saturated heterocycles. The molecule has 28 heavy (non-hydrogen) atoms. The highest BCUT2D eigenvalue weighted by Gasteiger charge is 2.31. The van der Waals surface area contributed by atoms with Gasteiger partial charge in [-0.2, -0.15) is 13.2 Å². The predicted molar refractivity (Wildman–Crippen MR) is 98.1 cm³/mol. The van der Waals surface area contributed by atoms with Crippen LogP contribution in [0.1, 0.15) is 18.9 Å². The van der Waals surface area contributed by atoms with Crippen LogP contribution in [0.15, 0.2) is 52.2 Å². The van der Waals surface area contributed by atoms with Crippen LogP contribution in [0, 0.1) is 0 Å². The number of hydrogen-bond donors (Lipinski definition) is 1. The van der Waals surface area contributed by atoms with Crippen molar-refractivity contribution in [1.82, 2.24) is 20.1 Å². The second kappa shape index (κ2) is 8.51. The largest absolute Gasteiger partial charge is 0.461 e. The summed E-state index contributed by atoms with van der Waals surface area (Å²) in [6.45, 7) is 2.49. The third-order valence-corrected chi connectivity index (χ3v) is 4.64. The first-order valence-electron chi connectivity index (χ1n) is 8.46. The zero-order valence-electron chi connectivity index (χ0n) is 14.9. The molecule has 148 valence electrons. The highest BCUT2D eigenvalue weighted by molar-refractivity contribution is 7.99. The normalized spacial score (nSPS) is 11.6. The first-order chi connectivity index (χ1) is 13.4. The van der Waals surface area contributed by atoms with Crippen LogP contribution in [0.4, 0.5) is 13.2 Å². The number of rotatable bonds is 7. The maximum atomic E-state index is 13.1. The summed E-state index contributed by atoms with van der Waals surface area (Å²) in [5, 5.41) is 11.1. The number of carbonyl (C=O) groups excluding carboxylic acids is 1. The molecule has 0 aliphatic heterocycles. The number of benzene rings is 1. The lowest BCUT2D eigenvalue weighted by Crippen LogP contribution is -2.25. The van der Waals surface area contributed by atoms with E-state index in [-0.39, 0.29) is 28.3 Å². The van der Waals surface area contributed by atoms with Gasteiger partial charge in [0.15, 0.2) is 10.9 Å². The van der Waals surface area contributed by atoms with Crippen molar-refractivity contribution in [2.24, 2.45) is 0 Å². The molecule has 1 amide bonds. The Morgan fingerprint density at radius 3 is 2.75 bits per heavy atom. The number of thioether (sulfide) groups is 1. The topological polar surface area (TPSA) is 73.0 Å². The molecule has 6 nitrogen and oxygen atoms in total. The van der Waals surface area contributed by atoms with E-state index in [2.05, 4.69) is 15.5 Å². The summed E-state index contributed by atoms with van der Waals surface area (Å²) in [5.41, 5.74) is -0.566. The van der Waals surface area contributed by atoms with Crippen molar-refractivity contribution < 1.29 is 22.4 Å². The highest BCUT2D eigenvalue weighted by atomic mass is 32.2. The van der Waals surface area contributed by atoms with E-state index in [1.807, 2.05) is 6.92 Å². The molecular weight excluding hydrogens is 393 g/mol. The molecule has 2 aromatic heterocycles. The van der Waals surface area contributed by atoms with Crippen LogP contribution in [0.2, 0.25) is 0 Å². The number of furan rings is 1. The predicted octanol–water partition coefficient (Wildman–Crippen LogP) is 4.16. The van der Waals surface area contributed by atoms with Crippen LogP contribution in [-0.4, -0.2) is 33.0 Å². The van der Waals surface area contributed by atoms with E-state index < -0.39 is 11.7 Å². The fourth-order valence-electron chi connectivity index (χ4n) is 2.43. The number of aromatic nitrogens is 3. The number of nitrogens with one attached hydrogen (secondary N) is 1. The van der Waals surface area contributed by atoms with E-state index in [1.165, 1.54) is 23.0 Å². The SMILES string of the molecule is CCCNC(=O)CSc1nnc(-c2ccco2)n1-c1cccc(C(F)(F)F)c1. The Kier molecular flexibility index (Phi) is 6.08. The number of alkyl halides is 3. The van der Waals surface area contributed by atoms with E-state index in [1.54, 1.807) is 12.1 Å². The van der Waals surface area contributed by atoms with E-state index in [0.29, 0.717) is 12.3 Å². The molecular formula is C18H17F3N4O2S. The molecule has 10 heteroatoms. The van der Waals surface area contributed by atoms with Crippen LogP contribution >= 0.6 is 11.8 Å². The van der Waals surface area contributed by atoms with Crippen molar-refractivity contribution in [2.45, 2.75) is 24.7 Å². The Bertz CT molecular complexity index is 939. The number of carbonyl (C=O) groups is 1. The molecule has 0 aliphatic carbocycles. The van der Waals surface area contributed by atoms with Crippen LogP contribution in [0.3, 0.4) is 0 Å². The van der Waals surface area contributed by atoms with Crippen molar-refractivity contribution >= 4 is 17.7 Å². The van der Waals surface area contributed by atoms with Gasteiger partial charge in [0.2, 0.25) is 11.7 Å². The molecule has 0 spiro atoms. The molecule has 1 N–H and O–H groups in total. The molecule has 0 saturated carbocycles. The zero-order chi connectivity index (χ0) is 20.1. The molecule has 0 bridgehead atoms. The first kappa shape index (κ1) is 20.0. The van der Waals surface area contributed by atoms with Gasteiger partial charge in [0, 0.05) is 6.54 Å². The minimum absolute atomic E-state index is 0.0647. The van der Waals surface area contributed by atoms with Crippen molar-refractivity contribution in [3.05, 3.63) is 48.2 Å². The molecule has 3 aromatic rings. The Morgan fingerprint density at radius 1 is 1.25 bits per heavy atom. The maximum Gasteiger partial charge on any atom is 0.416 e. The van der Waals surface area contributed by atoms with Gasteiger partial charge in [-0.3, -0.25) is 9.36 Å². The van der Waals surface area contributed by atoms with Crippen LogP contribution < -0.4 is 5.32 Å². The van der Waals surface area contributed by atoms with Gasteiger partial charge < -0.3 is 9.73 Å². The third-order valence-electron chi connectivity index (χ3n) is 3.71. The van der Waals surface area contributed by atoms with Crippen LogP contribution in [0.5, 0.6) is 0 Å². The van der Waals surface area contributed by atoms with Crippen molar-refractivity contribution in [2.75, 3.05) is 12.3 Å². The summed E-state index contributed by atoms with van der Waals surface area (Å²) in [7, 11) is 0. The Morgan fingerprint density at radius 2 is 2.07 bits per heavy atom. The average Bonchev–Trinajstić information content (AvgIpc) is 3.33. The summed E-state index contributed by atoms with van der Waals surface area (Å²) < 4.78 is 46.2. The number of hydrogen-bond acceptors (Lipinski definition) is 5. The molecule has 0 fully saturated rings. The Labute approximate surface area is 163 Å². The van der Waals surface area contributed by atoms with E-state index in [9.17, 15) is 18.0 Å². The summed E-state index contributed by atoms with van der Waals surface area (Å²) in [6.07, 6.45) is -2.24. The van der Waals surface area contributed by atoms with Crippen LogP contribution in [-0.2, 0) is 11.0 Å². The maximum absolute atomic E-state index is 13.1. The molecule has 2 heterocycles. The minimum Gasteiger partial charge on any atom is -0.461 e. The molecule has 0 unspecified atom stereocenters. The zero-order valence-corrected chi connectivity index (χ0v) is 15.7. The van der Waals surface area contributed by atoms with Gasteiger partial charge in [-0.1, -0.05) is 24.8 Å². The highest BCUT2D eigenvalue weighted by Crippen LogP contribution is 2.33. The fourth-order valence-corrected chi connectivity index (χ4v) is 3.21. The standard InChI is InChI=1S/C18H17F3N4O2S/c1-2-8-22-15(26)11-28-17-24-23-16(14-7-4-9-27-14)25(17)13-6-3-5-12(10-13)18(19,20)21/h3-7,9-10H,2,8,11H2,1H3,(H,22,26). The van der Waals surface area contributed by atoms with E-state index >= 15 is 0 Å². The first-order valence-corrected chi connectivity index (χ1v) is 9.45. The van der Waals surface area contributed by atoms with Crippen LogP contribution in [0.25, 0.3) is 17.3 Å². The van der Waals surface area contributed by atoms with Gasteiger partial charge in [-0.25, -0.2) is 0 Å². The van der Waals surface area contributed by atoms with Crippen molar-refractivity contribution in [1.29, 1.82) is 0 Å². The second-order valence-corrected chi connectivity index (χ2v) is 6.75. The molecule has 3 rings (SSSR count). The van der Waals surface area contributed by atoms with Gasteiger partial charge >= 0.3 is 6.18 Å². The number of amides is 1. The van der Waals surface area contributed by atoms with Crippen molar-refractivity contribution in [3.8, 4) is 17.3 Å². The quantitative estimate of drug-likeness (QED) is 0.592. The summed E-state index contributed by atoms with van der Waals surface area (Å²) in [6, 6.07) is 8.11. The number of halogens is 3. The monoisotopic (exact) mass is 410 g/mol. The lowest BCUT2D eigenvalue weighted by Gasteiger charge is -2.12. The smallest absolute Gasteiger partial charge is 0.416 e. The van der Waals surface area contributed by atoms with Gasteiger partial charge in [0.05, 0.1) is 23.3 Å². The molecule has 0 aliphatic rings. The lowest BCUT2D eigenvalue weighted by molar-refractivity contribution is -0.137. The summed E-state index contributed by atoms with van der Waals surface area (Å²) >= 11 is 1.09. The molecule has 0 radical (unpaired) electrons. The molecule has 1 aromatic carbocycles. The van der Waals surface area contributed by atoms with Gasteiger partial charge in [0.1, 0.15) is 0 Å². The number of nitrogens with zero attached hydrogens (tertiary/aromatic N) is 3. The summed E-state index contributed by atoms with van der Waals surface area (Å²) in [4.78, 5) is 11.9. The third kappa shape index (κ3) is 4.56. The summed E-state index contributed by atoms with van der Waals surface area (Å²) in [5.74, 6) is 0.480. The Balaban J connectivity index is 1.98. The lowest BCUT2D eigenvalue weighted by atomic mass is 10.2. The van der Waals surface area contributed by atoms with Gasteiger partial charge in [-0.05, 0) is 36.8 Å². The van der Waals surface area contributed by atoms with E-state index in [4.69, 9.17) is 4.42 Å². The molecule has 0 atom stereocenters. The van der Waals surface area contributed by atoms with Gasteiger partial charge in [0.25, 0.3) is 0 Å². The fraction of sp³-hybridized carbons (Fsp3) is 0.278. The van der Waals surface area contributed by atoms with E-state index in [0.717, 1.165) is 30.3 Å². The Hall–Kier alpha value is -2.75. The van der Waals surface area contributed by atoms with Gasteiger partial charge in [-0.15, -0.1) is 10.2 Å². The second-order valence-electron chi connectivity index (χ2n) is 5.81. The van der Waals surface area contributed by atoms with Crippen molar-refractivity contribution in [3.63, 3.8) is 0 Å². The minimum atomic E-state index is -4.48. The average molecular weight is 410 g/mol.